The van der Waals surface area contributed by atoms with Crippen LogP contribution in [-0.4, -0.2) is 16.0 Å². The highest BCUT2D eigenvalue weighted by atomic mass is 16.6. The SMILES string of the molecule is O=C(Nc1noc2ccccc12)c1ccc([N+](=O)[O-])cc1. The third-order valence-electron chi connectivity index (χ3n) is 2.95. The molecule has 7 nitrogen and oxygen atoms in total. The molecular formula is C14H9N3O4. The Kier molecular flexibility index (Phi) is 3.07. The van der Waals surface area contributed by atoms with Crippen molar-refractivity contribution in [2.75, 3.05) is 5.32 Å². The highest BCUT2D eigenvalue weighted by Gasteiger charge is 2.13. The van der Waals surface area contributed by atoms with Crippen molar-refractivity contribution in [1.82, 2.24) is 5.16 Å². The molecule has 0 unspecified atom stereocenters. The number of hydrogen-bond acceptors (Lipinski definition) is 5. The fourth-order valence-corrected chi connectivity index (χ4v) is 1.89. The fraction of sp³-hybridized carbons (Fsp3) is 0. The zero-order chi connectivity index (χ0) is 14.8. The maximum absolute atomic E-state index is 12.1. The molecule has 0 spiro atoms. The number of nitro groups is 1. The summed E-state index contributed by atoms with van der Waals surface area (Å²) in [6.07, 6.45) is 0. The van der Waals surface area contributed by atoms with E-state index in [1.807, 2.05) is 0 Å². The Balaban J connectivity index is 1.84. The van der Waals surface area contributed by atoms with Crippen LogP contribution in [0.4, 0.5) is 11.5 Å². The van der Waals surface area contributed by atoms with E-state index in [1.54, 1.807) is 24.3 Å². The van der Waals surface area contributed by atoms with Gasteiger partial charge in [0, 0.05) is 17.7 Å². The van der Waals surface area contributed by atoms with Gasteiger partial charge in [0.05, 0.1) is 10.3 Å². The van der Waals surface area contributed by atoms with Crippen LogP contribution in [0.15, 0.2) is 53.1 Å². The Bertz CT molecular complexity index is 824. The molecule has 0 aliphatic carbocycles. The molecule has 0 fully saturated rings. The van der Waals surface area contributed by atoms with Gasteiger partial charge in [-0.1, -0.05) is 17.3 Å². The van der Waals surface area contributed by atoms with Crippen LogP contribution in [0.5, 0.6) is 0 Å². The van der Waals surface area contributed by atoms with E-state index in [0.717, 1.165) is 0 Å². The summed E-state index contributed by atoms with van der Waals surface area (Å²) in [6, 6.07) is 12.4. The van der Waals surface area contributed by atoms with Crippen LogP contribution in [0.1, 0.15) is 10.4 Å². The predicted molar refractivity (Wildman–Crippen MR) is 75.1 cm³/mol. The largest absolute Gasteiger partial charge is 0.354 e. The number of fused-ring (bicyclic) bond motifs is 1. The van der Waals surface area contributed by atoms with Gasteiger partial charge >= 0.3 is 0 Å². The molecule has 0 saturated carbocycles. The first-order chi connectivity index (χ1) is 10.1. The molecule has 0 saturated heterocycles. The molecule has 0 bridgehead atoms. The van der Waals surface area contributed by atoms with Gasteiger partial charge in [-0.25, -0.2) is 0 Å². The Morgan fingerprint density at radius 1 is 1.14 bits per heavy atom. The maximum Gasteiger partial charge on any atom is 0.269 e. The Hall–Kier alpha value is -3.22. The Morgan fingerprint density at radius 2 is 1.86 bits per heavy atom. The van der Waals surface area contributed by atoms with Crippen LogP contribution in [0.25, 0.3) is 11.0 Å². The van der Waals surface area contributed by atoms with Crippen molar-refractivity contribution in [2.24, 2.45) is 0 Å². The lowest BCUT2D eigenvalue weighted by Gasteiger charge is -2.01. The van der Waals surface area contributed by atoms with E-state index in [-0.39, 0.29) is 5.69 Å². The number of rotatable bonds is 3. The number of non-ortho nitro benzene ring substituents is 1. The minimum absolute atomic E-state index is 0.0709. The number of para-hydroxylation sites is 1. The number of aromatic nitrogens is 1. The quantitative estimate of drug-likeness (QED) is 0.588. The molecule has 0 atom stereocenters. The normalized spacial score (nSPS) is 10.5. The summed E-state index contributed by atoms with van der Waals surface area (Å²) in [6.45, 7) is 0. The van der Waals surface area contributed by atoms with Gasteiger partial charge in [-0.2, -0.15) is 0 Å². The number of anilines is 1. The van der Waals surface area contributed by atoms with Crippen molar-refractivity contribution in [1.29, 1.82) is 0 Å². The van der Waals surface area contributed by atoms with E-state index in [2.05, 4.69) is 10.5 Å². The van der Waals surface area contributed by atoms with Crippen molar-refractivity contribution >= 4 is 28.4 Å². The number of benzene rings is 2. The van der Waals surface area contributed by atoms with Crippen molar-refractivity contribution in [3.63, 3.8) is 0 Å². The molecule has 104 valence electrons. The smallest absolute Gasteiger partial charge is 0.269 e. The van der Waals surface area contributed by atoms with E-state index in [9.17, 15) is 14.9 Å². The standard InChI is InChI=1S/C14H9N3O4/c18-14(9-5-7-10(8-6-9)17(19)20)15-13-11-3-1-2-4-12(11)21-16-13/h1-8H,(H,15,16,18). The molecule has 7 heteroatoms. The highest BCUT2D eigenvalue weighted by Crippen LogP contribution is 2.22. The van der Waals surface area contributed by atoms with E-state index < -0.39 is 10.8 Å². The molecule has 1 N–H and O–H groups in total. The van der Waals surface area contributed by atoms with Crippen LogP contribution in [-0.2, 0) is 0 Å². The summed E-state index contributed by atoms with van der Waals surface area (Å²) in [7, 11) is 0. The minimum Gasteiger partial charge on any atom is -0.354 e. The average molecular weight is 283 g/mol. The van der Waals surface area contributed by atoms with Gasteiger partial charge in [0.1, 0.15) is 0 Å². The summed E-state index contributed by atoms with van der Waals surface area (Å²) >= 11 is 0. The van der Waals surface area contributed by atoms with E-state index in [4.69, 9.17) is 4.52 Å². The third kappa shape index (κ3) is 2.44. The predicted octanol–water partition coefficient (Wildman–Crippen LogP) is 2.99. The van der Waals surface area contributed by atoms with Crippen molar-refractivity contribution in [3.8, 4) is 0 Å². The van der Waals surface area contributed by atoms with Gasteiger partial charge in [-0.15, -0.1) is 0 Å². The lowest BCUT2D eigenvalue weighted by molar-refractivity contribution is -0.384. The van der Waals surface area contributed by atoms with Crippen LogP contribution >= 0.6 is 0 Å². The highest BCUT2D eigenvalue weighted by molar-refractivity contribution is 6.07. The third-order valence-corrected chi connectivity index (χ3v) is 2.95. The maximum atomic E-state index is 12.1. The second-order valence-corrected chi connectivity index (χ2v) is 4.29. The monoisotopic (exact) mass is 283 g/mol. The Labute approximate surface area is 118 Å². The first kappa shape index (κ1) is 12.8. The number of nitrogens with one attached hydrogen (secondary N) is 1. The summed E-state index contributed by atoms with van der Waals surface area (Å²) in [4.78, 5) is 22.1. The molecule has 3 aromatic rings. The lowest BCUT2D eigenvalue weighted by atomic mass is 10.2. The van der Waals surface area contributed by atoms with Gasteiger partial charge in [0.15, 0.2) is 11.4 Å². The summed E-state index contributed by atoms with van der Waals surface area (Å²) in [5.74, 6) is -0.0992. The van der Waals surface area contributed by atoms with Crippen LogP contribution in [0, 0.1) is 10.1 Å². The Morgan fingerprint density at radius 3 is 2.57 bits per heavy atom. The first-order valence-electron chi connectivity index (χ1n) is 6.05. The lowest BCUT2D eigenvalue weighted by Crippen LogP contribution is -2.12. The number of carbonyl (C=O) groups excluding carboxylic acids is 1. The molecule has 3 rings (SSSR count). The number of amides is 1. The number of hydrogen-bond donors (Lipinski definition) is 1. The molecule has 2 aromatic carbocycles. The molecule has 1 heterocycles. The van der Waals surface area contributed by atoms with Crippen LogP contribution in [0.2, 0.25) is 0 Å². The first-order valence-corrected chi connectivity index (χ1v) is 6.05. The minimum atomic E-state index is -0.521. The fourth-order valence-electron chi connectivity index (χ4n) is 1.89. The average Bonchev–Trinajstić information content (AvgIpc) is 2.91. The zero-order valence-corrected chi connectivity index (χ0v) is 10.6. The second kappa shape index (κ2) is 5.04. The van der Waals surface area contributed by atoms with E-state index >= 15 is 0 Å². The van der Waals surface area contributed by atoms with Gasteiger partial charge < -0.3 is 9.84 Å². The molecule has 0 aliphatic rings. The van der Waals surface area contributed by atoms with Gasteiger partial charge in [-0.3, -0.25) is 14.9 Å². The van der Waals surface area contributed by atoms with Gasteiger partial charge in [-0.05, 0) is 24.3 Å². The number of nitrogens with zero attached hydrogens (tertiary/aromatic N) is 2. The number of carbonyl (C=O) groups is 1. The van der Waals surface area contributed by atoms with Gasteiger partial charge in [0.25, 0.3) is 11.6 Å². The van der Waals surface area contributed by atoms with Gasteiger partial charge in [0.2, 0.25) is 0 Å². The molecule has 1 amide bonds. The summed E-state index contributed by atoms with van der Waals surface area (Å²) in [5, 5.41) is 17.7. The molecule has 0 radical (unpaired) electrons. The van der Waals surface area contributed by atoms with E-state index in [1.165, 1.54) is 24.3 Å². The number of nitro benzene ring substituents is 1. The van der Waals surface area contributed by atoms with Crippen LogP contribution < -0.4 is 5.32 Å². The van der Waals surface area contributed by atoms with E-state index in [0.29, 0.717) is 22.4 Å². The summed E-state index contributed by atoms with van der Waals surface area (Å²) in [5.41, 5.74) is 0.794. The molecule has 0 aliphatic heterocycles. The topological polar surface area (TPSA) is 98.3 Å². The van der Waals surface area contributed by atoms with Crippen molar-refractivity contribution in [2.45, 2.75) is 0 Å². The summed E-state index contributed by atoms with van der Waals surface area (Å²) < 4.78 is 5.08. The zero-order valence-electron chi connectivity index (χ0n) is 10.6. The molecule has 21 heavy (non-hydrogen) atoms. The molecule has 1 aromatic heterocycles. The van der Waals surface area contributed by atoms with Crippen molar-refractivity contribution < 1.29 is 14.2 Å². The molecular weight excluding hydrogens is 274 g/mol. The second-order valence-electron chi connectivity index (χ2n) is 4.29. The van der Waals surface area contributed by atoms with Crippen molar-refractivity contribution in [3.05, 3.63) is 64.2 Å². The van der Waals surface area contributed by atoms with Crippen LogP contribution in [0.3, 0.4) is 0 Å².